The van der Waals surface area contributed by atoms with Crippen molar-refractivity contribution in [3.05, 3.63) is 59.7 Å². The van der Waals surface area contributed by atoms with Crippen LogP contribution in [0.2, 0.25) is 0 Å². The lowest BCUT2D eigenvalue weighted by Crippen LogP contribution is -2.40. The summed E-state index contributed by atoms with van der Waals surface area (Å²) < 4.78 is 7.69. The molecule has 0 radical (unpaired) electrons. The first-order chi connectivity index (χ1) is 13.7. The fourth-order valence-electron chi connectivity index (χ4n) is 4.42. The van der Waals surface area contributed by atoms with E-state index in [9.17, 15) is 4.79 Å². The number of fused-ring (bicyclic) bond motifs is 1. The van der Waals surface area contributed by atoms with E-state index in [1.165, 1.54) is 22.2 Å². The highest BCUT2D eigenvalue weighted by molar-refractivity contribution is 5.85. The number of para-hydroxylation sites is 1. The molecule has 4 rings (SSSR count). The van der Waals surface area contributed by atoms with Gasteiger partial charge in [-0.05, 0) is 63.5 Å². The molecule has 1 aliphatic heterocycles. The standard InChI is InChI=1S/C23H29N3O2/c1-3-26-17(2)21(20-8-4-5-9-22(20)26)16-25-12-10-18(11-13-25)23(27)24-15-19-7-6-14-28-19/h4-9,14,18H,3,10-13,15-16H2,1-2H3,(H,24,27). The molecule has 28 heavy (non-hydrogen) atoms. The number of benzene rings is 1. The highest BCUT2D eigenvalue weighted by Gasteiger charge is 2.26. The average molecular weight is 380 g/mol. The fourth-order valence-corrected chi connectivity index (χ4v) is 4.42. The van der Waals surface area contributed by atoms with Gasteiger partial charge in [-0.3, -0.25) is 9.69 Å². The predicted octanol–water partition coefficient (Wildman–Crippen LogP) is 4.09. The maximum atomic E-state index is 12.5. The van der Waals surface area contributed by atoms with Crippen LogP contribution in [0.3, 0.4) is 0 Å². The largest absolute Gasteiger partial charge is 0.467 e. The molecule has 0 spiro atoms. The number of hydrogen-bond acceptors (Lipinski definition) is 3. The van der Waals surface area contributed by atoms with Crippen molar-refractivity contribution in [1.29, 1.82) is 0 Å². The molecule has 0 bridgehead atoms. The van der Waals surface area contributed by atoms with Gasteiger partial charge in [0.05, 0.1) is 12.8 Å². The van der Waals surface area contributed by atoms with Crippen molar-refractivity contribution >= 4 is 16.8 Å². The van der Waals surface area contributed by atoms with Crippen LogP contribution < -0.4 is 5.32 Å². The van der Waals surface area contributed by atoms with Gasteiger partial charge >= 0.3 is 0 Å². The van der Waals surface area contributed by atoms with Crippen LogP contribution in [-0.2, 0) is 24.4 Å². The Morgan fingerprint density at radius 1 is 1.18 bits per heavy atom. The van der Waals surface area contributed by atoms with Crippen LogP contribution in [-0.4, -0.2) is 28.5 Å². The van der Waals surface area contributed by atoms with Gasteiger partial charge in [0.1, 0.15) is 5.76 Å². The monoisotopic (exact) mass is 379 g/mol. The van der Waals surface area contributed by atoms with E-state index in [1.807, 2.05) is 12.1 Å². The van der Waals surface area contributed by atoms with E-state index in [1.54, 1.807) is 6.26 Å². The summed E-state index contributed by atoms with van der Waals surface area (Å²) in [5.74, 6) is 1.05. The van der Waals surface area contributed by atoms with Crippen molar-refractivity contribution < 1.29 is 9.21 Å². The van der Waals surface area contributed by atoms with Crippen LogP contribution in [0.4, 0.5) is 0 Å². The van der Waals surface area contributed by atoms with Crippen LogP contribution in [0.25, 0.3) is 10.9 Å². The zero-order chi connectivity index (χ0) is 19.5. The molecule has 1 saturated heterocycles. The lowest BCUT2D eigenvalue weighted by Gasteiger charge is -2.31. The summed E-state index contributed by atoms with van der Waals surface area (Å²) in [4.78, 5) is 14.9. The summed E-state index contributed by atoms with van der Waals surface area (Å²) in [7, 11) is 0. The molecule has 0 aliphatic carbocycles. The summed E-state index contributed by atoms with van der Waals surface area (Å²) in [5.41, 5.74) is 4.12. The number of nitrogens with zero attached hydrogens (tertiary/aromatic N) is 2. The smallest absolute Gasteiger partial charge is 0.223 e. The molecule has 1 amide bonds. The Bertz CT molecular complexity index is 934. The number of nitrogens with one attached hydrogen (secondary N) is 1. The summed E-state index contributed by atoms with van der Waals surface area (Å²) in [6.07, 6.45) is 3.46. The maximum Gasteiger partial charge on any atom is 0.223 e. The van der Waals surface area contributed by atoms with Crippen LogP contribution in [0.1, 0.15) is 36.8 Å². The zero-order valence-corrected chi connectivity index (χ0v) is 16.8. The lowest BCUT2D eigenvalue weighted by atomic mass is 9.95. The summed E-state index contributed by atoms with van der Waals surface area (Å²) in [5, 5.41) is 4.37. The van der Waals surface area contributed by atoms with Crippen LogP contribution in [0.5, 0.6) is 0 Å². The van der Waals surface area contributed by atoms with Gasteiger partial charge in [-0.15, -0.1) is 0 Å². The Labute approximate surface area is 166 Å². The van der Waals surface area contributed by atoms with Gasteiger partial charge in [-0.25, -0.2) is 0 Å². The van der Waals surface area contributed by atoms with E-state index in [4.69, 9.17) is 4.42 Å². The molecular weight excluding hydrogens is 350 g/mol. The normalized spacial score (nSPS) is 15.9. The summed E-state index contributed by atoms with van der Waals surface area (Å²) in [6, 6.07) is 12.4. The molecule has 2 aromatic heterocycles. The molecule has 148 valence electrons. The summed E-state index contributed by atoms with van der Waals surface area (Å²) >= 11 is 0. The summed E-state index contributed by atoms with van der Waals surface area (Å²) in [6.45, 7) is 8.78. The van der Waals surface area contributed by atoms with Crippen molar-refractivity contribution in [1.82, 2.24) is 14.8 Å². The number of aryl methyl sites for hydroxylation is 1. The second-order valence-corrected chi connectivity index (χ2v) is 7.67. The molecule has 1 aliphatic rings. The van der Waals surface area contributed by atoms with Crippen molar-refractivity contribution in [2.24, 2.45) is 5.92 Å². The van der Waals surface area contributed by atoms with Crippen molar-refractivity contribution in [2.75, 3.05) is 13.1 Å². The highest BCUT2D eigenvalue weighted by atomic mass is 16.3. The number of piperidine rings is 1. The molecule has 5 heteroatoms. The topological polar surface area (TPSA) is 50.4 Å². The number of rotatable bonds is 6. The highest BCUT2D eigenvalue weighted by Crippen LogP contribution is 2.28. The van der Waals surface area contributed by atoms with Gasteiger partial charge in [0, 0.05) is 35.6 Å². The van der Waals surface area contributed by atoms with Gasteiger partial charge in [0.15, 0.2) is 0 Å². The van der Waals surface area contributed by atoms with Gasteiger partial charge < -0.3 is 14.3 Å². The first-order valence-corrected chi connectivity index (χ1v) is 10.3. The molecule has 3 aromatic rings. The molecule has 1 fully saturated rings. The van der Waals surface area contributed by atoms with E-state index < -0.39 is 0 Å². The Hall–Kier alpha value is -2.53. The maximum absolute atomic E-state index is 12.5. The minimum atomic E-state index is 0.101. The minimum Gasteiger partial charge on any atom is -0.467 e. The minimum absolute atomic E-state index is 0.101. The van der Waals surface area contributed by atoms with E-state index in [2.05, 4.69) is 52.9 Å². The Morgan fingerprint density at radius 2 is 1.96 bits per heavy atom. The molecule has 0 unspecified atom stereocenters. The van der Waals surface area contributed by atoms with Crippen LogP contribution >= 0.6 is 0 Å². The third-order valence-electron chi connectivity index (χ3n) is 6.03. The van der Waals surface area contributed by atoms with Gasteiger partial charge in [-0.2, -0.15) is 0 Å². The zero-order valence-electron chi connectivity index (χ0n) is 16.8. The van der Waals surface area contributed by atoms with Gasteiger partial charge in [-0.1, -0.05) is 18.2 Å². The molecule has 3 heterocycles. The van der Waals surface area contributed by atoms with E-state index in [-0.39, 0.29) is 11.8 Å². The van der Waals surface area contributed by atoms with Gasteiger partial charge in [0.25, 0.3) is 0 Å². The predicted molar refractivity (Wildman–Crippen MR) is 111 cm³/mol. The number of carbonyl (C=O) groups excluding carboxylic acids is 1. The quantitative estimate of drug-likeness (QED) is 0.702. The molecule has 0 atom stereocenters. The third kappa shape index (κ3) is 3.72. The SMILES string of the molecule is CCn1c(C)c(CN2CCC(C(=O)NCc3ccco3)CC2)c2ccccc21. The average Bonchev–Trinajstić information content (AvgIpc) is 3.33. The number of hydrogen-bond donors (Lipinski definition) is 1. The van der Waals surface area contributed by atoms with Crippen LogP contribution in [0, 0.1) is 12.8 Å². The van der Waals surface area contributed by atoms with E-state index in [0.29, 0.717) is 6.54 Å². The third-order valence-corrected chi connectivity index (χ3v) is 6.03. The van der Waals surface area contributed by atoms with Crippen molar-refractivity contribution in [3.63, 3.8) is 0 Å². The Balaban J connectivity index is 1.36. The van der Waals surface area contributed by atoms with Crippen molar-refractivity contribution in [2.45, 2.75) is 46.3 Å². The molecular formula is C23H29N3O2. The molecule has 1 aromatic carbocycles. The molecule has 0 saturated carbocycles. The second kappa shape index (κ2) is 8.23. The van der Waals surface area contributed by atoms with E-state index >= 15 is 0 Å². The number of furan rings is 1. The Morgan fingerprint density at radius 3 is 2.68 bits per heavy atom. The number of likely N-dealkylation sites (tertiary alicyclic amines) is 1. The van der Waals surface area contributed by atoms with Crippen LogP contribution in [0.15, 0.2) is 47.1 Å². The number of aromatic nitrogens is 1. The van der Waals surface area contributed by atoms with Gasteiger partial charge in [0.2, 0.25) is 5.91 Å². The second-order valence-electron chi connectivity index (χ2n) is 7.67. The molecule has 5 nitrogen and oxygen atoms in total. The molecule has 1 N–H and O–H groups in total. The first-order valence-electron chi connectivity index (χ1n) is 10.3. The fraction of sp³-hybridized carbons (Fsp3) is 0.435. The number of amides is 1. The number of carbonyl (C=O) groups is 1. The lowest BCUT2D eigenvalue weighted by molar-refractivity contribution is -0.126. The first kappa shape index (κ1) is 18.8. The Kier molecular flexibility index (Phi) is 5.53. The van der Waals surface area contributed by atoms with E-state index in [0.717, 1.165) is 44.8 Å². The van der Waals surface area contributed by atoms with Crippen molar-refractivity contribution in [3.8, 4) is 0 Å².